The molecule has 8 heteroatoms. The third kappa shape index (κ3) is 3.22. The Kier molecular flexibility index (Phi) is 4.40. The zero-order chi connectivity index (χ0) is 16.3. The highest BCUT2D eigenvalue weighted by Crippen LogP contribution is 2.37. The number of aromatic hydroxyl groups is 1. The summed E-state index contributed by atoms with van der Waals surface area (Å²) in [4.78, 5) is 10.1. The summed E-state index contributed by atoms with van der Waals surface area (Å²) >= 11 is 0. The number of ether oxygens (including phenoxy) is 1. The van der Waals surface area contributed by atoms with Gasteiger partial charge in [0.1, 0.15) is 0 Å². The van der Waals surface area contributed by atoms with Gasteiger partial charge < -0.3 is 15.2 Å². The molecule has 0 radical (unpaired) electrons. The third-order valence-corrected chi connectivity index (χ3v) is 2.95. The van der Waals surface area contributed by atoms with Crippen LogP contribution in [0.15, 0.2) is 30.3 Å². The van der Waals surface area contributed by atoms with Crippen molar-refractivity contribution in [3.05, 3.63) is 57.6 Å². The Morgan fingerprint density at radius 1 is 1.27 bits per heavy atom. The molecule has 2 N–H and O–H groups in total. The number of hydrogen-bond acceptors (Lipinski definition) is 5. The molecule has 0 atom stereocenters. The molecule has 0 spiro atoms. The Balaban J connectivity index is 2.23. The van der Waals surface area contributed by atoms with Gasteiger partial charge in [0.05, 0.1) is 12.0 Å². The summed E-state index contributed by atoms with van der Waals surface area (Å²) < 4.78 is 30.8. The number of halogens is 2. The normalized spacial score (nSPS) is 10.3. The molecule has 0 amide bonds. The number of methoxy groups -OCH3 is 1. The van der Waals surface area contributed by atoms with Crippen molar-refractivity contribution in [1.29, 1.82) is 0 Å². The maximum Gasteiger partial charge on any atom is 0.315 e. The quantitative estimate of drug-likeness (QED) is 0.654. The molecule has 2 rings (SSSR count). The largest absolute Gasteiger partial charge is 0.500 e. The van der Waals surface area contributed by atoms with Crippen LogP contribution in [-0.2, 0) is 6.54 Å². The summed E-state index contributed by atoms with van der Waals surface area (Å²) in [5.41, 5.74) is 0.251. The van der Waals surface area contributed by atoms with Crippen molar-refractivity contribution in [1.82, 2.24) is 0 Å². The number of phenols is 1. The highest BCUT2D eigenvalue weighted by Gasteiger charge is 2.19. The Labute approximate surface area is 124 Å². The van der Waals surface area contributed by atoms with Gasteiger partial charge in [-0.05, 0) is 23.8 Å². The molecule has 0 heterocycles. The van der Waals surface area contributed by atoms with Crippen molar-refractivity contribution >= 4 is 11.4 Å². The van der Waals surface area contributed by atoms with E-state index in [2.05, 4.69) is 5.32 Å². The van der Waals surface area contributed by atoms with E-state index in [9.17, 15) is 24.0 Å². The van der Waals surface area contributed by atoms with Gasteiger partial charge in [-0.15, -0.1) is 0 Å². The predicted molar refractivity (Wildman–Crippen MR) is 75.0 cm³/mol. The molecule has 0 aromatic heterocycles. The first-order valence-electron chi connectivity index (χ1n) is 6.15. The number of nitrogens with zero attached hydrogens (tertiary/aromatic N) is 1. The number of anilines is 1. The fourth-order valence-electron chi connectivity index (χ4n) is 1.86. The van der Waals surface area contributed by atoms with Crippen LogP contribution in [0.3, 0.4) is 0 Å². The minimum atomic E-state index is -1.00. The zero-order valence-electron chi connectivity index (χ0n) is 11.5. The van der Waals surface area contributed by atoms with Crippen molar-refractivity contribution in [2.24, 2.45) is 0 Å². The molecule has 22 heavy (non-hydrogen) atoms. The van der Waals surface area contributed by atoms with E-state index >= 15 is 0 Å². The average molecular weight is 310 g/mol. The summed E-state index contributed by atoms with van der Waals surface area (Å²) in [6.07, 6.45) is 0. The van der Waals surface area contributed by atoms with Gasteiger partial charge in [0, 0.05) is 24.4 Å². The topological polar surface area (TPSA) is 84.6 Å². The number of benzene rings is 2. The molecule has 0 bridgehead atoms. The van der Waals surface area contributed by atoms with Crippen molar-refractivity contribution in [2.45, 2.75) is 6.54 Å². The van der Waals surface area contributed by atoms with E-state index in [1.165, 1.54) is 25.3 Å². The molecule has 6 nitrogen and oxygen atoms in total. The second-order valence-electron chi connectivity index (χ2n) is 4.41. The van der Waals surface area contributed by atoms with Crippen LogP contribution in [0.5, 0.6) is 11.5 Å². The lowest BCUT2D eigenvalue weighted by molar-refractivity contribution is -0.386. The highest BCUT2D eigenvalue weighted by atomic mass is 19.2. The fraction of sp³-hybridized carbons (Fsp3) is 0.143. The highest BCUT2D eigenvalue weighted by molar-refractivity contribution is 5.57. The minimum Gasteiger partial charge on any atom is -0.500 e. The van der Waals surface area contributed by atoms with Gasteiger partial charge >= 0.3 is 5.69 Å². The third-order valence-electron chi connectivity index (χ3n) is 2.95. The van der Waals surface area contributed by atoms with Crippen LogP contribution in [-0.4, -0.2) is 17.1 Å². The molecular formula is C14H12F2N2O4. The Bertz CT molecular complexity index is 722. The van der Waals surface area contributed by atoms with E-state index in [0.717, 1.165) is 12.1 Å². The van der Waals surface area contributed by atoms with Crippen molar-refractivity contribution < 1.29 is 23.5 Å². The molecule has 0 aliphatic carbocycles. The SMILES string of the molecule is COc1cc(CNc2ccc(F)c(F)c2)cc([N+](=O)[O-])c1O. The van der Waals surface area contributed by atoms with Crippen LogP contribution < -0.4 is 10.1 Å². The summed E-state index contributed by atoms with van der Waals surface area (Å²) in [6, 6.07) is 5.86. The predicted octanol–water partition coefficient (Wildman–Crippen LogP) is 3.20. The van der Waals surface area contributed by atoms with Gasteiger partial charge in [-0.25, -0.2) is 8.78 Å². The van der Waals surface area contributed by atoms with E-state index in [1.807, 2.05) is 0 Å². The molecule has 0 saturated carbocycles. The molecule has 116 valence electrons. The molecule has 0 aliphatic rings. The van der Waals surface area contributed by atoms with E-state index in [0.29, 0.717) is 11.3 Å². The molecular weight excluding hydrogens is 298 g/mol. The number of rotatable bonds is 5. The summed E-state index contributed by atoms with van der Waals surface area (Å²) in [7, 11) is 1.27. The summed E-state index contributed by atoms with van der Waals surface area (Å²) in [6.45, 7) is 0.0998. The van der Waals surface area contributed by atoms with E-state index in [4.69, 9.17) is 4.74 Å². The van der Waals surface area contributed by atoms with E-state index in [1.54, 1.807) is 0 Å². The molecule has 0 aliphatic heterocycles. The number of nitro benzene ring substituents is 1. The Hall–Kier alpha value is -2.90. The van der Waals surface area contributed by atoms with Gasteiger partial charge in [-0.2, -0.15) is 0 Å². The maximum atomic E-state index is 13.1. The van der Waals surface area contributed by atoms with Crippen LogP contribution in [0.1, 0.15) is 5.56 Å². The van der Waals surface area contributed by atoms with Crippen molar-refractivity contribution in [3.8, 4) is 11.5 Å². The number of nitro groups is 1. The van der Waals surface area contributed by atoms with Gasteiger partial charge in [0.25, 0.3) is 0 Å². The van der Waals surface area contributed by atoms with Gasteiger partial charge in [-0.1, -0.05) is 0 Å². The van der Waals surface area contributed by atoms with Crippen LogP contribution in [0, 0.1) is 21.7 Å². The lowest BCUT2D eigenvalue weighted by atomic mass is 10.1. The van der Waals surface area contributed by atoms with Gasteiger partial charge in [0.2, 0.25) is 5.75 Å². The first-order valence-corrected chi connectivity index (χ1v) is 6.15. The lowest BCUT2D eigenvalue weighted by Gasteiger charge is -2.10. The second kappa shape index (κ2) is 6.25. The van der Waals surface area contributed by atoms with Crippen LogP contribution in [0.2, 0.25) is 0 Å². The first-order chi connectivity index (χ1) is 10.4. The Morgan fingerprint density at radius 3 is 2.59 bits per heavy atom. The zero-order valence-corrected chi connectivity index (χ0v) is 11.5. The average Bonchev–Trinajstić information content (AvgIpc) is 2.49. The van der Waals surface area contributed by atoms with Crippen LogP contribution in [0.4, 0.5) is 20.2 Å². The Morgan fingerprint density at radius 2 is 2.00 bits per heavy atom. The minimum absolute atomic E-state index is 0.0451. The van der Waals surface area contributed by atoms with Crippen molar-refractivity contribution in [3.63, 3.8) is 0 Å². The number of nitrogens with one attached hydrogen (secondary N) is 1. The van der Waals surface area contributed by atoms with Crippen LogP contribution >= 0.6 is 0 Å². The monoisotopic (exact) mass is 310 g/mol. The second-order valence-corrected chi connectivity index (χ2v) is 4.41. The van der Waals surface area contributed by atoms with E-state index < -0.39 is 28.0 Å². The lowest BCUT2D eigenvalue weighted by Crippen LogP contribution is -2.02. The van der Waals surface area contributed by atoms with Crippen molar-refractivity contribution in [2.75, 3.05) is 12.4 Å². The number of phenolic OH excluding ortho intramolecular Hbond substituents is 1. The summed E-state index contributed by atoms with van der Waals surface area (Å²) in [5, 5.41) is 23.3. The molecule has 2 aromatic carbocycles. The van der Waals surface area contributed by atoms with E-state index in [-0.39, 0.29) is 12.3 Å². The summed E-state index contributed by atoms with van der Waals surface area (Å²) in [5.74, 6) is -2.58. The molecule has 0 saturated heterocycles. The van der Waals surface area contributed by atoms with Gasteiger partial charge in [-0.3, -0.25) is 10.1 Å². The first kappa shape index (κ1) is 15.5. The number of hydrogen-bond donors (Lipinski definition) is 2. The standard InChI is InChI=1S/C14H12F2N2O4/c1-22-13-5-8(4-12(14(13)19)18(20)21)7-17-9-2-3-10(15)11(16)6-9/h2-6,17,19H,7H2,1H3. The fourth-order valence-corrected chi connectivity index (χ4v) is 1.86. The molecule has 0 fully saturated rings. The molecule has 2 aromatic rings. The molecule has 0 unspecified atom stereocenters. The smallest absolute Gasteiger partial charge is 0.315 e. The van der Waals surface area contributed by atoms with Gasteiger partial charge in [0.15, 0.2) is 17.4 Å². The maximum absolute atomic E-state index is 13.1. The van der Waals surface area contributed by atoms with Crippen LogP contribution in [0.25, 0.3) is 0 Å².